The van der Waals surface area contributed by atoms with Gasteiger partial charge in [0.1, 0.15) is 5.00 Å². The highest BCUT2D eigenvalue weighted by Gasteiger charge is 2.33. The van der Waals surface area contributed by atoms with Gasteiger partial charge in [0, 0.05) is 11.3 Å². The van der Waals surface area contributed by atoms with Gasteiger partial charge in [-0.2, -0.15) is 0 Å². The van der Waals surface area contributed by atoms with E-state index in [4.69, 9.17) is 5.73 Å². The molecular weight excluding hydrogens is 308 g/mol. The Hall–Kier alpha value is -1.36. The molecule has 0 fully saturated rings. The second kappa shape index (κ2) is 7.04. The Kier molecular flexibility index (Phi) is 5.50. The number of carbonyl (C=O) groups excluding carboxylic acids is 2. The lowest BCUT2D eigenvalue weighted by Crippen LogP contribution is -2.27. The van der Waals surface area contributed by atoms with E-state index in [1.165, 1.54) is 16.2 Å². The van der Waals surface area contributed by atoms with Crippen LogP contribution in [0.5, 0.6) is 0 Å². The number of nitrogens with one attached hydrogen (secondary N) is 1. The van der Waals surface area contributed by atoms with Crippen LogP contribution < -0.4 is 11.1 Å². The average molecular weight is 337 g/mol. The van der Waals surface area contributed by atoms with Crippen molar-refractivity contribution in [1.29, 1.82) is 0 Å². The van der Waals surface area contributed by atoms with E-state index < -0.39 is 5.91 Å². The number of hydrogen-bond acceptors (Lipinski definition) is 3. The zero-order valence-electron chi connectivity index (χ0n) is 14.6. The maximum absolute atomic E-state index is 12.0. The van der Waals surface area contributed by atoms with E-state index in [2.05, 4.69) is 33.0 Å². The number of thiophene rings is 1. The van der Waals surface area contributed by atoms with Crippen LogP contribution in [0, 0.1) is 11.3 Å². The zero-order valence-corrected chi connectivity index (χ0v) is 15.4. The Morgan fingerprint density at radius 1 is 1.35 bits per heavy atom. The SMILES string of the molecule is CCCCC(=O)Nc1sc2c(c1C(N)=O)CC[C@@H](C(C)(C)C)C2. The molecule has 1 atom stereocenters. The van der Waals surface area contributed by atoms with Crippen molar-refractivity contribution in [3.05, 3.63) is 16.0 Å². The minimum absolute atomic E-state index is 0.0275. The minimum atomic E-state index is -0.428. The van der Waals surface area contributed by atoms with Crippen molar-refractivity contribution < 1.29 is 9.59 Å². The van der Waals surface area contributed by atoms with Crippen molar-refractivity contribution in [2.24, 2.45) is 17.1 Å². The highest BCUT2D eigenvalue weighted by Crippen LogP contribution is 2.44. The fraction of sp³-hybridized carbons (Fsp3) is 0.667. The fourth-order valence-electron chi connectivity index (χ4n) is 3.20. The van der Waals surface area contributed by atoms with Crippen LogP contribution in [0.2, 0.25) is 0 Å². The first-order chi connectivity index (χ1) is 10.7. The Morgan fingerprint density at radius 2 is 2.04 bits per heavy atom. The van der Waals surface area contributed by atoms with Crippen LogP contribution in [0.4, 0.5) is 5.00 Å². The van der Waals surface area contributed by atoms with Gasteiger partial charge in [-0.3, -0.25) is 9.59 Å². The summed E-state index contributed by atoms with van der Waals surface area (Å²) in [6, 6.07) is 0. The molecule has 0 aromatic carbocycles. The minimum Gasteiger partial charge on any atom is -0.365 e. The number of fused-ring (bicyclic) bond motifs is 1. The Morgan fingerprint density at radius 3 is 2.61 bits per heavy atom. The topological polar surface area (TPSA) is 72.2 Å². The zero-order chi connectivity index (χ0) is 17.2. The van der Waals surface area contributed by atoms with Gasteiger partial charge in [-0.15, -0.1) is 11.3 Å². The number of unbranched alkanes of at least 4 members (excludes halogenated alkanes) is 1. The molecule has 0 saturated carbocycles. The van der Waals surface area contributed by atoms with Crippen molar-refractivity contribution in [2.45, 2.75) is 66.2 Å². The molecule has 1 aliphatic rings. The number of primary amides is 1. The first-order valence-electron chi connectivity index (χ1n) is 8.48. The summed E-state index contributed by atoms with van der Waals surface area (Å²) in [6.45, 7) is 8.84. The van der Waals surface area contributed by atoms with E-state index in [9.17, 15) is 9.59 Å². The lowest BCUT2D eigenvalue weighted by Gasteiger charge is -2.33. The normalized spacial score (nSPS) is 17.7. The van der Waals surface area contributed by atoms with Crippen LogP contribution in [0.1, 0.15) is 74.2 Å². The molecule has 1 aromatic heterocycles. The highest BCUT2D eigenvalue weighted by atomic mass is 32.1. The summed E-state index contributed by atoms with van der Waals surface area (Å²) in [5, 5.41) is 3.57. The Bertz CT molecular complexity index is 599. The van der Waals surface area contributed by atoms with Gasteiger partial charge in [0.2, 0.25) is 5.91 Å². The van der Waals surface area contributed by atoms with Gasteiger partial charge in [-0.25, -0.2) is 0 Å². The third-order valence-corrected chi connectivity index (χ3v) is 5.92. The summed E-state index contributed by atoms with van der Waals surface area (Å²) >= 11 is 1.54. The van der Waals surface area contributed by atoms with E-state index >= 15 is 0 Å². The Labute approximate surface area is 142 Å². The molecule has 128 valence electrons. The number of amides is 2. The third kappa shape index (κ3) is 4.14. The monoisotopic (exact) mass is 336 g/mol. The van der Waals surface area contributed by atoms with E-state index in [-0.39, 0.29) is 11.3 Å². The summed E-state index contributed by atoms with van der Waals surface area (Å²) in [5.41, 5.74) is 7.45. The standard InChI is InChI=1S/C18H28N2O2S/c1-5-6-7-14(21)20-17-15(16(19)22)12-9-8-11(18(2,3)4)10-13(12)23-17/h11H,5-10H2,1-4H3,(H2,19,22)(H,20,21)/t11-/m1/s1. The van der Waals surface area contributed by atoms with Crippen LogP contribution in [0.25, 0.3) is 0 Å². The van der Waals surface area contributed by atoms with Crippen molar-refractivity contribution in [3.8, 4) is 0 Å². The molecule has 0 aliphatic heterocycles. The van der Waals surface area contributed by atoms with Gasteiger partial charge in [0.15, 0.2) is 0 Å². The smallest absolute Gasteiger partial charge is 0.251 e. The van der Waals surface area contributed by atoms with Gasteiger partial charge < -0.3 is 11.1 Å². The molecule has 23 heavy (non-hydrogen) atoms. The third-order valence-electron chi connectivity index (χ3n) is 4.75. The molecule has 4 nitrogen and oxygen atoms in total. The van der Waals surface area contributed by atoms with Crippen molar-refractivity contribution >= 4 is 28.2 Å². The predicted molar refractivity (Wildman–Crippen MR) is 96.0 cm³/mol. The van der Waals surface area contributed by atoms with Gasteiger partial charge in [0.25, 0.3) is 5.91 Å². The fourth-order valence-corrected chi connectivity index (χ4v) is 4.55. The number of hydrogen-bond donors (Lipinski definition) is 2. The van der Waals surface area contributed by atoms with Crippen LogP contribution in [-0.4, -0.2) is 11.8 Å². The summed E-state index contributed by atoms with van der Waals surface area (Å²) in [4.78, 5) is 25.2. The molecule has 2 rings (SSSR count). The molecular formula is C18H28N2O2S. The molecule has 2 amide bonds. The summed E-state index contributed by atoms with van der Waals surface area (Å²) < 4.78 is 0. The van der Waals surface area contributed by atoms with Crippen LogP contribution in [0.15, 0.2) is 0 Å². The van der Waals surface area contributed by atoms with E-state index in [1.54, 1.807) is 0 Å². The highest BCUT2D eigenvalue weighted by molar-refractivity contribution is 7.17. The van der Waals surface area contributed by atoms with Crippen molar-refractivity contribution in [2.75, 3.05) is 5.32 Å². The molecule has 0 saturated heterocycles. The largest absolute Gasteiger partial charge is 0.365 e. The first-order valence-corrected chi connectivity index (χ1v) is 9.29. The number of carbonyl (C=O) groups is 2. The predicted octanol–water partition coefficient (Wildman–Crippen LogP) is 4.13. The summed E-state index contributed by atoms with van der Waals surface area (Å²) in [6.07, 6.45) is 5.23. The first kappa shape index (κ1) is 18.0. The number of nitrogens with two attached hydrogens (primary N) is 1. The maximum atomic E-state index is 12.0. The van der Waals surface area contributed by atoms with Gasteiger partial charge in [0.05, 0.1) is 5.56 Å². The summed E-state index contributed by atoms with van der Waals surface area (Å²) in [5.74, 6) is 0.140. The molecule has 5 heteroatoms. The van der Waals surface area contributed by atoms with E-state index in [0.717, 1.165) is 37.7 Å². The van der Waals surface area contributed by atoms with Gasteiger partial charge >= 0.3 is 0 Å². The van der Waals surface area contributed by atoms with Gasteiger partial charge in [-0.1, -0.05) is 34.1 Å². The number of rotatable bonds is 5. The van der Waals surface area contributed by atoms with Crippen LogP contribution in [0.3, 0.4) is 0 Å². The molecule has 1 aromatic rings. The second-order valence-electron chi connectivity index (χ2n) is 7.53. The molecule has 0 unspecified atom stereocenters. The van der Waals surface area contributed by atoms with E-state index in [0.29, 0.717) is 22.9 Å². The van der Waals surface area contributed by atoms with Crippen LogP contribution >= 0.6 is 11.3 Å². The lowest BCUT2D eigenvalue weighted by molar-refractivity contribution is -0.116. The van der Waals surface area contributed by atoms with Gasteiger partial charge in [-0.05, 0) is 42.6 Å². The summed E-state index contributed by atoms with van der Waals surface area (Å²) in [7, 11) is 0. The van der Waals surface area contributed by atoms with E-state index in [1.807, 2.05) is 0 Å². The molecule has 1 aliphatic carbocycles. The van der Waals surface area contributed by atoms with Crippen molar-refractivity contribution in [1.82, 2.24) is 0 Å². The number of anilines is 1. The maximum Gasteiger partial charge on any atom is 0.251 e. The molecule has 0 spiro atoms. The van der Waals surface area contributed by atoms with Crippen LogP contribution in [-0.2, 0) is 17.6 Å². The van der Waals surface area contributed by atoms with Crippen molar-refractivity contribution in [3.63, 3.8) is 0 Å². The second-order valence-corrected chi connectivity index (χ2v) is 8.63. The quantitative estimate of drug-likeness (QED) is 0.848. The average Bonchev–Trinajstić information content (AvgIpc) is 2.80. The molecule has 3 N–H and O–H groups in total. The Balaban J connectivity index is 2.26. The molecule has 0 bridgehead atoms. The lowest BCUT2D eigenvalue weighted by atomic mass is 9.72. The molecule has 1 heterocycles. The molecule has 0 radical (unpaired) electrons.